The summed E-state index contributed by atoms with van der Waals surface area (Å²) in [7, 11) is 0. The second-order valence-electron chi connectivity index (χ2n) is 4.64. The molecule has 0 bridgehead atoms. The lowest BCUT2D eigenvalue weighted by Crippen LogP contribution is -2.08. The highest BCUT2D eigenvalue weighted by atomic mass is 19.1. The Balaban J connectivity index is 2.15. The van der Waals surface area contributed by atoms with Crippen LogP contribution in [0.2, 0.25) is 0 Å². The predicted molar refractivity (Wildman–Crippen MR) is 72.1 cm³/mol. The van der Waals surface area contributed by atoms with Crippen molar-refractivity contribution in [3.8, 4) is 0 Å². The molecule has 1 N–H and O–H groups in total. The van der Waals surface area contributed by atoms with Crippen molar-refractivity contribution in [2.24, 2.45) is 0 Å². The van der Waals surface area contributed by atoms with Crippen molar-refractivity contribution in [2.75, 3.05) is 5.32 Å². The summed E-state index contributed by atoms with van der Waals surface area (Å²) in [5, 5.41) is 3.37. The summed E-state index contributed by atoms with van der Waals surface area (Å²) in [6, 6.07) is 9.50. The van der Waals surface area contributed by atoms with Crippen LogP contribution in [0.5, 0.6) is 0 Å². The molecule has 0 spiro atoms. The highest BCUT2D eigenvalue weighted by Gasteiger charge is 2.07. The Labute approximate surface area is 107 Å². The molecule has 0 amide bonds. The van der Waals surface area contributed by atoms with Crippen LogP contribution in [0, 0.1) is 19.7 Å². The first-order chi connectivity index (χ1) is 8.54. The van der Waals surface area contributed by atoms with Crippen LogP contribution in [-0.4, -0.2) is 4.98 Å². The number of halogens is 1. The Morgan fingerprint density at radius 3 is 2.33 bits per heavy atom. The zero-order chi connectivity index (χ0) is 13.1. The van der Waals surface area contributed by atoms with Crippen molar-refractivity contribution in [3.63, 3.8) is 0 Å². The number of benzene rings is 1. The number of pyridine rings is 1. The third kappa shape index (κ3) is 3.06. The van der Waals surface area contributed by atoms with E-state index >= 15 is 0 Å². The van der Waals surface area contributed by atoms with Crippen LogP contribution >= 0.6 is 0 Å². The Morgan fingerprint density at radius 2 is 1.78 bits per heavy atom. The van der Waals surface area contributed by atoms with Gasteiger partial charge < -0.3 is 5.32 Å². The van der Waals surface area contributed by atoms with Crippen LogP contribution in [-0.2, 0) is 0 Å². The number of anilines is 1. The van der Waals surface area contributed by atoms with Crippen LogP contribution in [0.1, 0.15) is 29.8 Å². The van der Waals surface area contributed by atoms with E-state index in [1.807, 2.05) is 6.92 Å². The molecule has 2 nitrogen and oxygen atoms in total. The molecule has 1 heterocycles. The van der Waals surface area contributed by atoms with E-state index in [1.54, 1.807) is 6.07 Å². The number of hydrogen-bond acceptors (Lipinski definition) is 2. The Hall–Kier alpha value is -1.90. The lowest BCUT2D eigenvalue weighted by molar-refractivity contribution is 0.617. The average Bonchev–Trinajstić information content (AvgIpc) is 2.28. The fourth-order valence-electron chi connectivity index (χ4n) is 2.03. The van der Waals surface area contributed by atoms with Crippen molar-refractivity contribution in [1.29, 1.82) is 0 Å². The Bertz CT molecular complexity index is 514. The van der Waals surface area contributed by atoms with E-state index in [2.05, 4.69) is 42.3 Å². The topological polar surface area (TPSA) is 24.9 Å². The van der Waals surface area contributed by atoms with Crippen molar-refractivity contribution in [3.05, 3.63) is 59.2 Å². The van der Waals surface area contributed by atoms with Gasteiger partial charge in [0.25, 0.3) is 0 Å². The monoisotopic (exact) mass is 244 g/mol. The summed E-state index contributed by atoms with van der Waals surface area (Å²) in [6.07, 6.45) is 1.25. The number of aryl methyl sites for hydroxylation is 2. The molecule has 0 radical (unpaired) electrons. The van der Waals surface area contributed by atoms with Crippen molar-refractivity contribution < 1.29 is 4.39 Å². The van der Waals surface area contributed by atoms with E-state index in [4.69, 9.17) is 0 Å². The first kappa shape index (κ1) is 12.6. The maximum atomic E-state index is 12.8. The molecule has 0 aliphatic carbocycles. The van der Waals surface area contributed by atoms with E-state index in [0.29, 0.717) is 0 Å². The summed E-state index contributed by atoms with van der Waals surface area (Å²) in [5.41, 5.74) is 4.33. The molecule has 2 rings (SSSR count). The minimum Gasteiger partial charge on any atom is -0.377 e. The van der Waals surface area contributed by atoms with Gasteiger partial charge >= 0.3 is 0 Å². The van der Waals surface area contributed by atoms with E-state index in [1.165, 1.54) is 23.4 Å². The molecule has 18 heavy (non-hydrogen) atoms. The molecule has 1 unspecified atom stereocenters. The van der Waals surface area contributed by atoms with Crippen molar-refractivity contribution in [1.82, 2.24) is 4.98 Å². The summed E-state index contributed by atoms with van der Waals surface area (Å²) >= 11 is 0. The maximum Gasteiger partial charge on any atom is 0.141 e. The van der Waals surface area contributed by atoms with Crippen LogP contribution in [0.15, 0.2) is 36.5 Å². The molecule has 1 aromatic carbocycles. The highest BCUT2D eigenvalue weighted by Crippen LogP contribution is 2.20. The molecule has 0 aliphatic rings. The summed E-state index contributed by atoms with van der Waals surface area (Å²) in [5.74, 6) is -0.308. The molecule has 2 aromatic rings. The van der Waals surface area contributed by atoms with Gasteiger partial charge in [-0.15, -0.1) is 0 Å². The van der Waals surface area contributed by atoms with Gasteiger partial charge in [0.05, 0.1) is 17.9 Å². The summed E-state index contributed by atoms with van der Waals surface area (Å²) in [6.45, 7) is 6.15. The van der Waals surface area contributed by atoms with Crippen LogP contribution in [0.25, 0.3) is 0 Å². The zero-order valence-electron chi connectivity index (χ0n) is 10.9. The van der Waals surface area contributed by atoms with E-state index in [-0.39, 0.29) is 11.9 Å². The third-order valence-corrected chi connectivity index (χ3v) is 2.80. The molecule has 0 fully saturated rings. The fraction of sp³-hybridized carbons (Fsp3) is 0.267. The van der Waals surface area contributed by atoms with Crippen molar-refractivity contribution >= 4 is 5.69 Å². The summed E-state index contributed by atoms with van der Waals surface area (Å²) < 4.78 is 12.8. The minimum atomic E-state index is -0.308. The standard InChI is InChI=1S/C15H17FN2/c1-10-6-11(2)8-14(7-10)18-12(3)15-5-4-13(16)9-17-15/h4-9,12,18H,1-3H3. The van der Waals surface area contributed by atoms with E-state index < -0.39 is 0 Å². The first-order valence-electron chi connectivity index (χ1n) is 6.01. The molecule has 0 saturated heterocycles. The van der Waals surface area contributed by atoms with Gasteiger partial charge in [0.2, 0.25) is 0 Å². The Morgan fingerprint density at radius 1 is 1.11 bits per heavy atom. The number of nitrogens with zero attached hydrogens (tertiary/aromatic N) is 1. The lowest BCUT2D eigenvalue weighted by atomic mass is 10.1. The van der Waals surface area contributed by atoms with Gasteiger partial charge in [-0.25, -0.2) is 4.39 Å². The second-order valence-corrected chi connectivity index (χ2v) is 4.64. The molecule has 1 aromatic heterocycles. The molecule has 0 aliphatic heterocycles. The van der Waals surface area contributed by atoms with Gasteiger partial charge in [0.1, 0.15) is 5.82 Å². The SMILES string of the molecule is Cc1cc(C)cc(NC(C)c2ccc(F)cn2)c1. The molecule has 94 valence electrons. The summed E-state index contributed by atoms with van der Waals surface area (Å²) in [4.78, 5) is 4.08. The van der Waals surface area contributed by atoms with Gasteiger partial charge in [-0.05, 0) is 56.2 Å². The zero-order valence-corrected chi connectivity index (χ0v) is 10.9. The minimum absolute atomic E-state index is 0.0480. The largest absolute Gasteiger partial charge is 0.377 e. The molecular weight excluding hydrogens is 227 g/mol. The quantitative estimate of drug-likeness (QED) is 0.882. The normalized spacial score (nSPS) is 12.2. The molecular formula is C15H17FN2. The second kappa shape index (κ2) is 5.17. The first-order valence-corrected chi connectivity index (χ1v) is 6.01. The predicted octanol–water partition coefficient (Wildman–Crippen LogP) is 4.01. The van der Waals surface area contributed by atoms with Gasteiger partial charge in [0.15, 0.2) is 0 Å². The van der Waals surface area contributed by atoms with E-state index in [0.717, 1.165) is 11.4 Å². The molecule has 1 atom stereocenters. The van der Waals surface area contributed by atoms with Crippen LogP contribution in [0.4, 0.5) is 10.1 Å². The van der Waals surface area contributed by atoms with Gasteiger partial charge in [0, 0.05) is 5.69 Å². The fourth-order valence-corrected chi connectivity index (χ4v) is 2.03. The van der Waals surface area contributed by atoms with Gasteiger partial charge in [-0.2, -0.15) is 0 Å². The van der Waals surface area contributed by atoms with Crippen LogP contribution in [0.3, 0.4) is 0 Å². The molecule has 3 heteroatoms. The smallest absolute Gasteiger partial charge is 0.141 e. The third-order valence-electron chi connectivity index (χ3n) is 2.80. The number of aromatic nitrogens is 1. The Kier molecular flexibility index (Phi) is 3.60. The molecule has 0 saturated carbocycles. The van der Waals surface area contributed by atoms with E-state index in [9.17, 15) is 4.39 Å². The number of rotatable bonds is 3. The lowest BCUT2D eigenvalue weighted by Gasteiger charge is -2.15. The maximum absolute atomic E-state index is 12.8. The number of nitrogens with one attached hydrogen (secondary N) is 1. The van der Waals surface area contributed by atoms with Crippen molar-refractivity contribution in [2.45, 2.75) is 26.8 Å². The van der Waals surface area contributed by atoms with Gasteiger partial charge in [-0.3, -0.25) is 4.98 Å². The number of hydrogen-bond donors (Lipinski definition) is 1. The van der Waals surface area contributed by atoms with Gasteiger partial charge in [-0.1, -0.05) is 6.07 Å². The average molecular weight is 244 g/mol. The van der Waals surface area contributed by atoms with Crippen LogP contribution < -0.4 is 5.32 Å². The highest BCUT2D eigenvalue weighted by molar-refractivity contribution is 5.49.